The van der Waals surface area contributed by atoms with Gasteiger partial charge in [-0.1, -0.05) is 42.5 Å². The second kappa shape index (κ2) is 4.87. The number of hydrogen-bond donors (Lipinski definition) is 0. The van der Waals surface area contributed by atoms with Crippen LogP contribution in [-0.2, 0) is 9.84 Å². The third kappa shape index (κ3) is 2.16. The van der Waals surface area contributed by atoms with Crippen molar-refractivity contribution in [2.75, 3.05) is 0 Å². The van der Waals surface area contributed by atoms with E-state index in [0.29, 0.717) is 17.0 Å². The molecule has 0 amide bonds. The molecule has 0 saturated heterocycles. The SMILES string of the molecule is C[C@@H]1CC(c2ccccc2)=Nc2ccccc2S1(=O)=O. The molecule has 1 atom stereocenters. The lowest BCUT2D eigenvalue weighted by Crippen LogP contribution is -2.20. The fraction of sp³-hybridized carbons (Fsp3) is 0.188. The first kappa shape index (κ1) is 13.1. The Morgan fingerprint density at radius 2 is 1.65 bits per heavy atom. The fourth-order valence-electron chi connectivity index (χ4n) is 2.39. The van der Waals surface area contributed by atoms with Gasteiger partial charge in [0.05, 0.1) is 15.8 Å². The molecule has 0 fully saturated rings. The summed E-state index contributed by atoms with van der Waals surface area (Å²) in [5, 5.41) is -0.467. The molecular weight excluding hydrogens is 270 g/mol. The summed E-state index contributed by atoms with van der Waals surface area (Å²) in [4.78, 5) is 4.92. The molecule has 0 spiro atoms. The molecule has 0 bridgehead atoms. The number of fused-ring (bicyclic) bond motifs is 1. The number of hydrogen-bond acceptors (Lipinski definition) is 3. The van der Waals surface area contributed by atoms with Crippen LogP contribution in [0.25, 0.3) is 0 Å². The summed E-state index contributed by atoms with van der Waals surface area (Å²) in [5.41, 5.74) is 2.34. The van der Waals surface area contributed by atoms with Crippen LogP contribution in [0.1, 0.15) is 18.9 Å². The number of nitrogens with zero attached hydrogens (tertiary/aromatic N) is 1. The van der Waals surface area contributed by atoms with Crippen molar-refractivity contribution in [3.8, 4) is 0 Å². The van der Waals surface area contributed by atoms with Crippen molar-refractivity contribution < 1.29 is 8.42 Å². The van der Waals surface area contributed by atoms with E-state index in [2.05, 4.69) is 4.99 Å². The zero-order chi connectivity index (χ0) is 14.2. The maximum absolute atomic E-state index is 12.5. The summed E-state index contributed by atoms with van der Waals surface area (Å²) >= 11 is 0. The lowest BCUT2D eigenvalue weighted by Gasteiger charge is -2.11. The van der Waals surface area contributed by atoms with Crippen molar-refractivity contribution in [3.63, 3.8) is 0 Å². The molecule has 1 heterocycles. The van der Waals surface area contributed by atoms with Gasteiger partial charge in [-0.3, -0.25) is 4.99 Å². The van der Waals surface area contributed by atoms with E-state index in [0.717, 1.165) is 11.3 Å². The Hall–Kier alpha value is -1.94. The quantitative estimate of drug-likeness (QED) is 0.806. The van der Waals surface area contributed by atoms with Gasteiger partial charge in [-0.25, -0.2) is 8.42 Å². The van der Waals surface area contributed by atoms with Gasteiger partial charge >= 0.3 is 0 Å². The Balaban J connectivity index is 2.21. The zero-order valence-electron chi connectivity index (χ0n) is 11.2. The van der Waals surface area contributed by atoms with Crippen LogP contribution in [0.2, 0.25) is 0 Å². The topological polar surface area (TPSA) is 46.5 Å². The molecule has 0 saturated carbocycles. The number of sulfone groups is 1. The predicted octanol–water partition coefficient (Wildman–Crippen LogP) is 3.37. The van der Waals surface area contributed by atoms with Crippen LogP contribution in [0, 0.1) is 0 Å². The van der Waals surface area contributed by atoms with E-state index in [-0.39, 0.29) is 0 Å². The van der Waals surface area contributed by atoms with E-state index in [1.165, 1.54) is 0 Å². The van der Waals surface area contributed by atoms with Crippen molar-refractivity contribution >= 4 is 21.2 Å². The third-order valence-corrected chi connectivity index (χ3v) is 5.73. The van der Waals surface area contributed by atoms with Gasteiger partial charge in [-0.15, -0.1) is 0 Å². The van der Waals surface area contributed by atoms with Crippen LogP contribution in [0.15, 0.2) is 64.5 Å². The van der Waals surface area contributed by atoms with E-state index in [9.17, 15) is 8.42 Å². The third-order valence-electron chi connectivity index (χ3n) is 3.54. The van der Waals surface area contributed by atoms with E-state index in [1.807, 2.05) is 36.4 Å². The molecule has 0 aliphatic carbocycles. The van der Waals surface area contributed by atoms with Crippen LogP contribution in [0.4, 0.5) is 5.69 Å². The Morgan fingerprint density at radius 3 is 2.40 bits per heavy atom. The Bertz CT molecular complexity index is 764. The minimum Gasteiger partial charge on any atom is -0.251 e. The molecule has 2 aromatic carbocycles. The summed E-state index contributed by atoms with van der Waals surface area (Å²) in [5.74, 6) is 0. The normalized spacial score (nSPS) is 20.6. The average Bonchev–Trinajstić information content (AvgIpc) is 2.56. The molecule has 102 valence electrons. The summed E-state index contributed by atoms with van der Waals surface area (Å²) < 4.78 is 25.1. The summed E-state index contributed by atoms with van der Waals surface area (Å²) in [6.07, 6.45) is 0.432. The van der Waals surface area contributed by atoms with Crippen LogP contribution >= 0.6 is 0 Å². The highest BCUT2D eigenvalue weighted by Gasteiger charge is 2.30. The van der Waals surface area contributed by atoms with Gasteiger partial charge < -0.3 is 0 Å². The predicted molar refractivity (Wildman–Crippen MR) is 80.3 cm³/mol. The van der Waals surface area contributed by atoms with Gasteiger partial charge in [0.2, 0.25) is 0 Å². The summed E-state index contributed by atoms with van der Waals surface area (Å²) in [6, 6.07) is 16.7. The molecule has 1 aliphatic rings. The van der Waals surface area contributed by atoms with Crippen molar-refractivity contribution in [1.82, 2.24) is 0 Å². The van der Waals surface area contributed by atoms with Crippen LogP contribution < -0.4 is 0 Å². The monoisotopic (exact) mass is 285 g/mol. The highest BCUT2D eigenvalue weighted by molar-refractivity contribution is 7.92. The van der Waals surface area contributed by atoms with E-state index >= 15 is 0 Å². The maximum Gasteiger partial charge on any atom is 0.183 e. The molecular formula is C16H15NO2S. The molecule has 4 heteroatoms. The van der Waals surface area contributed by atoms with Gasteiger partial charge in [-0.05, 0) is 24.6 Å². The molecule has 20 heavy (non-hydrogen) atoms. The first-order valence-electron chi connectivity index (χ1n) is 6.55. The van der Waals surface area contributed by atoms with Crippen LogP contribution in [0.5, 0.6) is 0 Å². The lowest BCUT2D eigenvalue weighted by atomic mass is 10.1. The smallest absolute Gasteiger partial charge is 0.183 e. The molecule has 3 nitrogen and oxygen atoms in total. The van der Waals surface area contributed by atoms with Crippen molar-refractivity contribution in [3.05, 3.63) is 60.2 Å². The highest BCUT2D eigenvalue weighted by Crippen LogP contribution is 2.32. The van der Waals surface area contributed by atoms with Gasteiger partial charge in [0.25, 0.3) is 0 Å². The molecule has 0 aromatic heterocycles. The Morgan fingerprint density at radius 1 is 1.00 bits per heavy atom. The molecule has 1 aliphatic heterocycles. The highest BCUT2D eigenvalue weighted by atomic mass is 32.2. The van der Waals surface area contributed by atoms with Crippen molar-refractivity contribution in [1.29, 1.82) is 0 Å². The number of aliphatic imine (C=N–C) groups is 1. The second-order valence-electron chi connectivity index (χ2n) is 4.95. The van der Waals surface area contributed by atoms with Gasteiger partial charge in [0, 0.05) is 12.1 Å². The standard InChI is InChI=1S/C16H15NO2S/c1-12-11-15(13-7-3-2-4-8-13)17-14-9-5-6-10-16(14)20(12,18)19/h2-10,12H,11H2,1H3/t12-/m1/s1. The lowest BCUT2D eigenvalue weighted by molar-refractivity contribution is 0.586. The Labute approximate surface area is 118 Å². The molecule has 0 radical (unpaired) electrons. The molecule has 3 rings (SSSR count). The maximum atomic E-state index is 12.5. The average molecular weight is 285 g/mol. The summed E-state index contributed by atoms with van der Waals surface area (Å²) in [7, 11) is -3.31. The van der Waals surface area contributed by atoms with E-state index in [1.54, 1.807) is 25.1 Å². The van der Waals surface area contributed by atoms with Crippen molar-refractivity contribution in [2.45, 2.75) is 23.5 Å². The van der Waals surface area contributed by atoms with Crippen LogP contribution in [-0.4, -0.2) is 19.4 Å². The van der Waals surface area contributed by atoms with E-state index < -0.39 is 15.1 Å². The second-order valence-corrected chi connectivity index (χ2v) is 7.29. The molecule has 2 aromatic rings. The van der Waals surface area contributed by atoms with Gasteiger partial charge in [0.15, 0.2) is 9.84 Å². The molecule has 0 unspecified atom stereocenters. The van der Waals surface area contributed by atoms with Gasteiger partial charge in [0.1, 0.15) is 0 Å². The van der Waals surface area contributed by atoms with Crippen LogP contribution in [0.3, 0.4) is 0 Å². The Kier molecular flexibility index (Phi) is 3.18. The first-order chi connectivity index (χ1) is 9.59. The largest absolute Gasteiger partial charge is 0.251 e. The van der Waals surface area contributed by atoms with Gasteiger partial charge in [-0.2, -0.15) is 0 Å². The minimum absolute atomic E-state index is 0.332. The van der Waals surface area contributed by atoms with E-state index in [4.69, 9.17) is 0 Å². The molecule has 0 N–H and O–H groups in total. The first-order valence-corrected chi connectivity index (χ1v) is 8.09. The summed E-state index contributed by atoms with van der Waals surface area (Å²) in [6.45, 7) is 1.75. The zero-order valence-corrected chi connectivity index (χ0v) is 12.0. The number of para-hydroxylation sites is 1. The van der Waals surface area contributed by atoms with Crippen molar-refractivity contribution in [2.24, 2.45) is 4.99 Å². The minimum atomic E-state index is -3.31. The number of rotatable bonds is 1. The fourth-order valence-corrected chi connectivity index (χ4v) is 3.88. The number of benzene rings is 2.